The first-order valence-electron chi connectivity index (χ1n) is 16.5. The number of likely N-dealkylation sites (N-methyl/N-ethyl adjacent to an activating group) is 1. The van der Waals surface area contributed by atoms with Crippen molar-refractivity contribution in [3.05, 3.63) is 88.0 Å². The Morgan fingerprint density at radius 2 is 1.76 bits per heavy atom. The van der Waals surface area contributed by atoms with E-state index in [9.17, 15) is 14.4 Å². The standard InChI is InChI=1S/C36H39N7O6/c1-22-12-24(13-26-21-39-42-31(22)26)15-29-34(45)43(2)5-7-48-9-11-49-10-8-47-6-3-4-23-14-28-32(38-19-23)41-35(46)36(28)17-25-16-27(33(44)40-29)20-37-30(25)18-36/h3-4,12-14,16,19-21,29H,5-11,15,17-18H2,1-2H3,(H,39,42)(H,40,44)(H,38,41,46)/b4-3-/t29-,36+/m1/s1. The fourth-order valence-electron chi connectivity index (χ4n) is 6.85. The van der Waals surface area contributed by atoms with Crippen molar-refractivity contribution in [1.29, 1.82) is 0 Å². The molecule has 0 saturated heterocycles. The summed E-state index contributed by atoms with van der Waals surface area (Å²) in [5.74, 6) is -0.263. The summed E-state index contributed by atoms with van der Waals surface area (Å²) in [6.07, 6.45) is 9.86. The molecule has 1 aliphatic carbocycles. The molecule has 3 aromatic heterocycles. The summed E-state index contributed by atoms with van der Waals surface area (Å²) in [6, 6.07) is 6.89. The van der Waals surface area contributed by atoms with Crippen LogP contribution in [0.5, 0.6) is 0 Å². The SMILES string of the molecule is Cc1cc(C[C@H]2NC(=O)c3cnc4c(c3)C[C@@]3(C4)C(=O)Nc4ncc(cc43)/C=C\COCCOCCOCCN(C)C2=O)cc2cn[nH]c12. The molecule has 1 spiro atoms. The summed E-state index contributed by atoms with van der Waals surface area (Å²) in [6.45, 7) is 4.66. The minimum Gasteiger partial charge on any atom is -0.377 e. The molecular formula is C36H39N7O6. The fraction of sp³-hybridized carbons (Fsp3) is 0.389. The number of fused-ring (bicyclic) bond motifs is 3. The number of nitrogens with zero attached hydrogens (tertiary/aromatic N) is 4. The van der Waals surface area contributed by atoms with Gasteiger partial charge in [-0.2, -0.15) is 5.10 Å². The first-order valence-corrected chi connectivity index (χ1v) is 16.5. The van der Waals surface area contributed by atoms with Crippen LogP contribution in [0.2, 0.25) is 0 Å². The van der Waals surface area contributed by atoms with Crippen LogP contribution in [0.3, 0.4) is 0 Å². The van der Waals surface area contributed by atoms with Crippen LogP contribution in [0.4, 0.5) is 5.82 Å². The van der Waals surface area contributed by atoms with E-state index in [0.717, 1.165) is 44.4 Å². The van der Waals surface area contributed by atoms with Gasteiger partial charge in [0.05, 0.1) is 62.3 Å². The predicted molar refractivity (Wildman–Crippen MR) is 181 cm³/mol. The van der Waals surface area contributed by atoms with E-state index in [-0.39, 0.29) is 18.2 Å². The van der Waals surface area contributed by atoms with Gasteiger partial charge in [-0.3, -0.25) is 24.5 Å². The number of aryl methyl sites for hydroxylation is 1. The first-order chi connectivity index (χ1) is 23.8. The van der Waals surface area contributed by atoms with Crippen molar-refractivity contribution in [2.24, 2.45) is 0 Å². The van der Waals surface area contributed by atoms with Crippen molar-refractivity contribution in [1.82, 2.24) is 30.4 Å². The van der Waals surface area contributed by atoms with Crippen LogP contribution < -0.4 is 10.6 Å². The molecule has 4 aromatic rings. The minimum absolute atomic E-state index is 0.136. The first kappa shape index (κ1) is 32.6. The van der Waals surface area contributed by atoms with Gasteiger partial charge in [0, 0.05) is 55.5 Å². The smallest absolute Gasteiger partial charge is 0.253 e. The monoisotopic (exact) mass is 665 g/mol. The Hall–Kier alpha value is -4.98. The second-order valence-electron chi connectivity index (χ2n) is 12.8. The zero-order valence-corrected chi connectivity index (χ0v) is 27.6. The lowest BCUT2D eigenvalue weighted by atomic mass is 9.79. The number of benzene rings is 1. The van der Waals surface area contributed by atoms with E-state index in [0.29, 0.717) is 70.4 Å². The van der Waals surface area contributed by atoms with Crippen molar-refractivity contribution in [3.63, 3.8) is 0 Å². The third-order valence-corrected chi connectivity index (χ3v) is 9.44. The number of nitrogens with one attached hydrogen (secondary N) is 3. The molecule has 0 fully saturated rings. The molecule has 3 aliphatic rings. The van der Waals surface area contributed by atoms with Gasteiger partial charge in [0.25, 0.3) is 5.91 Å². The number of H-pyrrole nitrogens is 1. The van der Waals surface area contributed by atoms with E-state index in [1.165, 1.54) is 6.20 Å². The number of carbonyl (C=O) groups excluding carboxylic acids is 3. The summed E-state index contributed by atoms with van der Waals surface area (Å²) in [4.78, 5) is 51.9. The van der Waals surface area contributed by atoms with Crippen LogP contribution >= 0.6 is 0 Å². The Labute approximate surface area is 283 Å². The summed E-state index contributed by atoms with van der Waals surface area (Å²) in [7, 11) is 1.70. The number of ether oxygens (including phenoxy) is 3. The molecule has 0 radical (unpaired) electrons. The molecule has 5 heterocycles. The molecule has 3 N–H and O–H groups in total. The molecule has 13 nitrogen and oxygen atoms in total. The average molecular weight is 666 g/mol. The van der Waals surface area contributed by atoms with E-state index in [1.807, 2.05) is 37.3 Å². The Balaban J connectivity index is 1.17. The highest BCUT2D eigenvalue weighted by Gasteiger charge is 2.52. The molecule has 1 aromatic carbocycles. The van der Waals surface area contributed by atoms with E-state index >= 15 is 0 Å². The van der Waals surface area contributed by atoms with Crippen molar-refractivity contribution >= 4 is 40.5 Å². The number of hydrogen-bond donors (Lipinski definition) is 3. The van der Waals surface area contributed by atoms with Gasteiger partial charge in [0.1, 0.15) is 11.9 Å². The fourth-order valence-corrected chi connectivity index (χ4v) is 6.85. The molecule has 0 saturated carbocycles. The number of aromatic nitrogens is 4. The van der Waals surface area contributed by atoms with Crippen LogP contribution in [-0.2, 0) is 48.5 Å². The Morgan fingerprint density at radius 1 is 0.939 bits per heavy atom. The van der Waals surface area contributed by atoms with Gasteiger partial charge in [0.2, 0.25) is 11.8 Å². The van der Waals surface area contributed by atoms with Crippen molar-refractivity contribution in [3.8, 4) is 0 Å². The number of pyridine rings is 2. The number of anilines is 1. The van der Waals surface area contributed by atoms with Gasteiger partial charge >= 0.3 is 0 Å². The summed E-state index contributed by atoms with van der Waals surface area (Å²) in [5, 5.41) is 14.0. The van der Waals surface area contributed by atoms with Crippen molar-refractivity contribution < 1.29 is 28.6 Å². The Morgan fingerprint density at radius 3 is 2.61 bits per heavy atom. The number of carbonyl (C=O) groups is 3. The molecule has 0 unspecified atom stereocenters. The van der Waals surface area contributed by atoms with Crippen molar-refractivity contribution in [2.45, 2.75) is 37.6 Å². The van der Waals surface area contributed by atoms with Crippen LogP contribution in [0.25, 0.3) is 17.0 Å². The van der Waals surface area contributed by atoms with Crippen LogP contribution in [0, 0.1) is 6.92 Å². The van der Waals surface area contributed by atoms with Crippen LogP contribution in [-0.4, -0.2) is 102 Å². The maximum atomic E-state index is 13.8. The van der Waals surface area contributed by atoms with E-state index < -0.39 is 17.4 Å². The lowest BCUT2D eigenvalue weighted by molar-refractivity contribution is -0.132. The average Bonchev–Trinajstić information content (AvgIpc) is 3.80. The van der Waals surface area contributed by atoms with Crippen LogP contribution in [0.15, 0.2) is 48.9 Å². The molecular weight excluding hydrogens is 626 g/mol. The molecule has 5 bridgehead atoms. The van der Waals surface area contributed by atoms with Gasteiger partial charge < -0.3 is 29.7 Å². The Kier molecular flexibility index (Phi) is 9.21. The molecule has 3 amide bonds. The minimum atomic E-state index is -0.871. The summed E-state index contributed by atoms with van der Waals surface area (Å²) < 4.78 is 17.0. The van der Waals surface area contributed by atoms with Gasteiger partial charge in [-0.05, 0) is 53.8 Å². The van der Waals surface area contributed by atoms with Gasteiger partial charge in [0.15, 0.2) is 0 Å². The highest BCUT2D eigenvalue weighted by molar-refractivity contribution is 6.06. The quantitative estimate of drug-likeness (QED) is 0.292. The molecule has 254 valence electrons. The lowest BCUT2D eigenvalue weighted by Gasteiger charge is -2.25. The predicted octanol–water partition coefficient (Wildman–Crippen LogP) is 2.53. The molecule has 49 heavy (non-hydrogen) atoms. The number of aromatic amines is 1. The highest BCUT2D eigenvalue weighted by Crippen LogP contribution is 2.46. The zero-order valence-electron chi connectivity index (χ0n) is 27.6. The van der Waals surface area contributed by atoms with Crippen LogP contribution in [0.1, 0.15) is 43.9 Å². The van der Waals surface area contributed by atoms with E-state index in [2.05, 4.69) is 30.8 Å². The topological polar surface area (TPSA) is 161 Å². The summed E-state index contributed by atoms with van der Waals surface area (Å²) in [5.41, 5.74) is 5.50. The second-order valence-corrected chi connectivity index (χ2v) is 12.8. The van der Waals surface area contributed by atoms with Crippen molar-refractivity contribution in [2.75, 3.05) is 58.6 Å². The maximum Gasteiger partial charge on any atom is 0.253 e. The van der Waals surface area contributed by atoms with E-state index in [4.69, 9.17) is 14.2 Å². The lowest BCUT2D eigenvalue weighted by Crippen LogP contribution is -2.49. The molecule has 2 aliphatic heterocycles. The number of rotatable bonds is 2. The largest absolute Gasteiger partial charge is 0.377 e. The molecule has 7 rings (SSSR count). The molecule has 2 atom stereocenters. The Bertz CT molecular complexity index is 1940. The zero-order chi connectivity index (χ0) is 34.0. The van der Waals surface area contributed by atoms with Gasteiger partial charge in [-0.15, -0.1) is 0 Å². The van der Waals surface area contributed by atoms with Gasteiger partial charge in [-0.1, -0.05) is 18.2 Å². The third-order valence-electron chi connectivity index (χ3n) is 9.44. The normalized spacial score (nSPS) is 22.9. The molecule has 13 heteroatoms. The number of hydrogen-bond acceptors (Lipinski definition) is 9. The van der Waals surface area contributed by atoms with E-state index in [1.54, 1.807) is 30.4 Å². The maximum absolute atomic E-state index is 13.8. The third kappa shape index (κ3) is 6.69. The second kappa shape index (κ2) is 13.9. The summed E-state index contributed by atoms with van der Waals surface area (Å²) >= 11 is 0. The number of amides is 3. The highest BCUT2D eigenvalue weighted by atomic mass is 16.5. The van der Waals surface area contributed by atoms with Gasteiger partial charge in [-0.25, -0.2) is 4.98 Å².